The Labute approximate surface area is 449 Å². The molecule has 0 aromatic rings. The smallest absolute Gasteiger partial charge is 0.306 e. The topological polar surface area (TPSA) is 78.9 Å². The molecule has 0 heterocycles. The van der Waals surface area contributed by atoms with Gasteiger partial charge in [0.05, 0.1) is 0 Å². The van der Waals surface area contributed by atoms with E-state index >= 15 is 0 Å². The molecule has 0 saturated carbocycles. The predicted octanol–water partition coefficient (Wildman–Crippen LogP) is 20.2. The summed E-state index contributed by atoms with van der Waals surface area (Å²) in [5.41, 5.74) is 0. The third-order valence-corrected chi connectivity index (χ3v) is 12.2. The highest BCUT2D eigenvalue weighted by atomic mass is 16.6. The van der Waals surface area contributed by atoms with Gasteiger partial charge in [0.25, 0.3) is 0 Å². The molecule has 0 aliphatic heterocycles. The van der Waals surface area contributed by atoms with Gasteiger partial charge in [-0.15, -0.1) is 0 Å². The summed E-state index contributed by atoms with van der Waals surface area (Å²) in [6.07, 6.45) is 84.9. The highest BCUT2D eigenvalue weighted by molar-refractivity contribution is 5.71. The third kappa shape index (κ3) is 58.3. The van der Waals surface area contributed by atoms with Gasteiger partial charge in [0.2, 0.25) is 0 Å². The van der Waals surface area contributed by atoms with Crippen LogP contribution in [0.4, 0.5) is 0 Å². The molecule has 0 aliphatic carbocycles. The van der Waals surface area contributed by atoms with Gasteiger partial charge in [0, 0.05) is 19.3 Å². The molecule has 1 unspecified atom stereocenters. The normalized spacial score (nSPS) is 13.1. The van der Waals surface area contributed by atoms with Crippen LogP contribution in [0.15, 0.2) is 134 Å². The molecule has 0 saturated heterocycles. The van der Waals surface area contributed by atoms with Gasteiger partial charge < -0.3 is 14.2 Å². The summed E-state index contributed by atoms with van der Waals surface area (Å²) in [4.78, 5) is 37.8. The van der Waals surface area contributed by atoms with Gasteiger partial charge in [-0.1, -0.05) is 251 Å². The Kier molecular flexibility index (Phi) is 56.4. The second kappa shape index (κ2) is 60.1. The second-order valence-electron chi connectivity index (χ2n) is 19.1. The summed E-state index contributed by atoms with van der Waals surface area (Å²) in [5, 5.41) is 0. The Balaban J connectivity index is 4.10. The zero-order valence-corrected chi connectivity index (χ0v) is 47.1. The zero-order valence-electron chi connectivity index (χ0n) is 47.1. The maximum Gasteiger partial charge on any atom is 0.306 e. The minimum absolute atomic E-state index is 0.0880. The van der Waals surface area contributed by atoms with E-state index in [0.717, 1.165) is 148 Å². The van der Waals surface area contributed by atoms with E-state index < -0.39 is 6.10 Å². The summed E-state index contributed by atoms with van der Waals surface area (Å²) >= 11 is 0. The quantitative estimate of drug-likeness (QED) is 0.0261. The minimum atomic E-state index is -0.787. The summed E-state index contributed by atoms with van der Waals surface area (Å²) in [6, 6.07) is 0. The number of hydrogen-bond acceptors (Lipinski definition) is 6. The van der Waals surface area contributed by atoms with Crippen LogP contribution in [0.1, 0.15) is 252 Å². The molecule has 0 fully saturated rings. The van der Waals surface area contributed by atoms with Crippen molar-refractivity contribution in [2.45, 2.75) is 258 Å². The highest BCUT2D eigenvalue weighted by Crippen LogP contribution is 2.14. The largest absolute Gasteiger partial charge is 0.462 e. The van der Waals surface area contributed by atoms with Gasteiger partial charge in [-0.05, 0) is 116 Å². The molecule has 0 radical (unpaired) electrons. The number of ether oxygens (including phenoxy) is 3. The van der Waals surface area contributed by atoms with E-state index in [9.17, 15) is 14.4 Å². The van der Waals surface area contributed by atoms with Crippen molar-refractivity contribution in [1.82, 2.24) is 0 Å². The molecule has 6 heteroatoms. The van der Waals surface area contributed by atoms with E-state index in [1.54, 1.807) is 0 Å². The molecule has 0 spiro atoms. The first kappa shape index (κ1) is 68.6. The van der Waals surface area contributed by atoms with Gasteiger partial charge in [0.1, 0.15) is 13.2 Å². The van der Waals surface area contributed by atoms with E-state index in [2.05, 4.69) is 154 Å². The number of hydrogen-bond donors (Lipinski definition) is 0. The summed E-state index contributed by atoms with van der Waals surface area (Å²) in [7, 11) is 0. The predicted molar refractivity (Wildman–Crippen MR) is 316 cm³/mol. The first-order valence-electron chi connectivity index (χ1n) is 29.7. The van der Waals surface area contributed by atoms with Crippen molar-refractivity contribution in [3.63, 3.8) is 0 Å². The Hall–Kier alpha value is -4.45. The van der Waals surface area contributed by atoms with E-state index in [0.29, 0.717) is 19.3 Å². The summed E-state index contributed by atoms with van der Waals surface area (Å²) in [6.45, 7) is 6.31. The molecule has 412 valence electrons. The van der Waals surface area contributed by atoms with E-state index in [1.807, 2.05) is 0 Å². The number of carbonyl (C=O) groups excluding carboxylic acids is 3. The minimum Gasteiger partial charge on any atom is -0.462 e. The monoisotopic (exact) mass is 1010 g/mol. The first-order chi connectivity index (χ1) is 36.0. The van der Waals surface area contributed by atoms with Gasteiger partial charge in [-0.2, -0.15) is 0 Å². The number of esters is 3. The van der Waals surface area contributed by atoms with Crippen LogP contribution in [0.5, 0.6) is 0 Å². The SMILES string of the molecule is CC/C=C\C/C=C\C/C=C\C/C=C\C/C=C\C/C=C\C/C=C\C/C=C\CCCCCCCCCCC(=O)OCC(COC(=O)CCCCCCC)OC(=O)CCCCCCCCC/C=C\C/C=C\C/C=C\CC. The molecule has 73 heavy (non-hydrogen) atoms. The lowest BCUT2D eigenvalue weighted by atomic mass is 10.1. The van der Waals surface area contributed by atoms with Crippen molar-refractivity contribution in [3.05, 3.63) is 134 Å². The van der Waals surface area contributed by atoms with Crippen molar-refractivity contribution in [2.24, 2.45) is 0 Å². The Morgan fingerprint density at radius 3 is 0.836 bits per heavy atom. The third-order valence-electron chi connectivity index (χ3n) is 12.2. The van der Waals surface area contributed by atoms with E-state index in [4.69, 9.17) is 14.2 Å². The standard InChI is InChI=1S/C67H108O6/c1-4-7-10-13-15-17-19-21-23-25-26-27-28-29-30-31-32-33-34-35-36-37-38-39-40-42-43-45-47-49-51-54-57-60-66(69)72-63-64(62-71-65(68)59-56-53-12-9-6-3)73-67(70)61-58-55-52-50-48-46-44-41-24-22-20-18-16-14-11-8-5-2/h7-8,10-11,15-18,21-24,26-27,29-30,32-33,35-36,38-39,64H,4-6,9,12-14,19-20,25,28,31,34,37,40-63H2,1-3H3/b10-7-,11-8-,17-15-,18-16-,23-21-,24-22-,27-26-,30-29-,33-32-,36-35-,39-38-. The fourth-order valence-corrected chi connectivity index (χ4v) is 7.77. The number of allylic oxidation sites excluding steroid dienone is 22. The van der Waals surface area contributed by atoms with Crippen molar-refractivity contribution in [3.8, 4) is 0 Å². The van der Waals surface area contributed by atoms with Crippen LogP contribution in [0.2, 0.25) is 0 Å². The van der Waals surface area contributed by atoms with Crippen LogP contribution < -0.4 is 0 Å². The number of unbranched alkanes of at least 4 members (excludes halogenated alkanes) is 19. The second-order valence-corrected chi connectivity index (χ2v) is 19.1. The van der Waals surface area contributed by atoms with Gasteiger partial charge in [-0.3, -0.25) is 14.4 Å². The van der Waals surface area contributed by atoms with E-state index in [1.165, 1.54) is 64.2 Å². The number of rotatable bonds is 52. The van der Waals surface area contributed by atoms with E-state index in [-0.39, 0.29) is 31.1 Å². The molecule has 0 amide bonds. The van der Waals surface area contributed by atoms with Crippen molar-refractivity contribution < 1.29 is 28.6 Å². The molecule has 0 rings (SSSR count). The van der Waals surface area contributed by atoms with Crippen LogP contribution in [0, 0.1) is 0 Å². The van der Waals surface area contributed by atoms with Crippen LogP contribution in [0.25, 0.3) is 0 Å². The molecule has 0 aliphatic rings. The average Bonchev–Trinajstić information content (AvgIpc) is 3.39. The first-order valence-corrected chi connectivity index (χ1v) is 29.7. The van der Waals surface area contributed by atoms with Gasteiger partial charge in [0.15, 0.2) is 6.10 Å². The summed E-state index contributed by atoms with van der Waals surface area (Å²) in [5.74, 6) is -0.924. The fourth-order valence-electron chi connectivity index (χ4n) is 7.77. The van der Waals surface area contributed by atoms with Crippen molar-refractivity contribution in [2.75, 3.05) is 13.2 Å². The lowest BCUT2D eigenvalue weighted by molar-refractivity contribution is -0.167. The van der Waals surface area contributed by atoms with Crippen molar-refractivity contribution in [1.29, 1.82) is 0 Å². The van der Waals surface area contributed by atoms with Gasteiger partial charge in [-0.25, -0.2) is 0 Å². The molecule has 0 bridgehead atoms. The van der Waals surface area contributed by atoms with Crippen molar-refractivity contribution >= 4 is 17.9 Å². The highest BCUT2D eigenvalue weighted by Gasteiger charge is 2.19. The molecule has 0 N–H and O–H groups in total. The molecular weight excluding hydrogens is 901 g/mol. The average molecular weight is 1010 g/mol. The lowest BCUT2D eigenvalue weighted by Crippen LogP contribution is -2.30. The molecule has 1 atom stereocenters. The van der Waals surface area contributed by atoms with Crippen LogP contribution in [-0.4, -0.2) is 37.2 Å². The Bertz CT molecular complexity index is 1580. The molecule has 0 aromatic heterocycles. The van der Waals surface area contributed by atoms with Crippen LogP contribution in [-0.2, 0) is 28.6 Å². The Morgan fingerprint density at radius 1 is 0.288 bits per heavy atom. The number of carbonyl (C=O) groups is 3. The summed E-state index contributed by atoms with van der Waals surface area (Å²) < 4.78 is 16.7. The molecule has 6 nitrogen and oxygen atoms in total. The van der Waals surface area contributed by atoms with Crippen LogP contribution in [0.3, 0.4) is 0 Å². The maximum absolute atomic E-state index is 12.8. The zero-order chi connectivity index (χ0) is 52.9. The molecular formula is C67H108O6. The van der Waals surface area contributed by atoms with Crippen LogP contribution >= 0.6 is 0 Å². The Morgan fingerprint density at radius 2 is 0.534 bits per heavy atom. The fraction of sp³-hybridized carbons (Fsp3) is 0.627. The van der Waals surface area contributed by atoms with Gasteiger partial charge >= 0.3 is 17.9 Å². The maximum atomic E-state index is 12.8. The lowest BCUT2D eigenvalue weighted by Gasteiger charge is -2.18. The molecule has 0 aromatic carbocycles.